The van der Waals surface area contributed by atoms with Crippen molar-refractivity contribution in [3.05, 3.63) is 125 Å². The largest absolute Gasteiger partial charge is 0.494 e. The standard InChI is InChI=1S/C37H40N2O8S/c1-2-3-4-5-9-24-46-33-22-16-31(17-23-33)37(43)47-34-20-12-28(13-21-34)25-39(26-35(40)41)36(42)30-14-18-32(19-15-30)38-48(44,45)27-29-10-7-6-8-11-29/h6-8,10-23,38H,2-5,9,24-27H2,1H3,(H,40,41). The molecule has 10 nitrogen and oxygen atoms in total. The van der Waals surface area contributed by atoms with Crippen molar-refractivity contribution in [1.29, 1.82) is 0 Å². The minimum atomic E-state index is -3.69. The molecule has 48 heavy (non-hydrogen) atoms. The molecule has 11 heteroatoms. The number of hydrogen-bond donors (Lipinski definition) is 2. The molecule has 2 N–H and O–H groups in total. The second-order valence-electron chi connectivity index (χ2n) is 11.3. The molecule has 4 aromatic carbocycles. The van der Waals surface area contributed by atoms with Gasteiger partial charge in [0, 0.05) is 17.8 Å². The number of amides is 1. The molecule has 0 aliphatic carbocycles. The van der Waals surface area contributed by atoms with Crippen LogP contribution in [0.5, 0.6) is 11.5 Å². The summed E-state index contributed by atoms with van der Waals surface area (Å²) in [5.41, 5.74) is 2.08. The predicted octanol–water partition coefficient (Wildman–Crippen LogP) is 6.92. The third-order valence-corrected chi connectivity index (χ3v) is 8.59. The quantitative estimate of drug-likeness (QED) is 0.0660. The van der Waals surface area contributed by atoms with Gasteiger partial charge in [-0.1, -0.05) is 75.1 Å². The van der Waals surface area contributed by atoms with Gasteiger partial charge >= 0.3 is 11.9 Å². The molecule has 252 valence electrons. The number of sulfonamides is 1. The number of carboxylic acid groups (broad SMARTS) is 1. The lowest BCUT2D eigenvalue weighted by molar-refractivity contribution is -0.137. The number of anilines is 1. The van der Waals surface area contributed by atoms with Crippen LogP contribution in [0.15, 0.2) is 103 Å². The summed E-state index contributed by atoms with van der Waals surface area (Å²) in [6.07, 6.45) is 5.73. The molecule has 1 amide bonds. The second kappa shape index (κ2) is 17.7. The first-order valence-electron chi connectivity index (χ1n) is 15.8. The number of benzene rings is 4. The van der Waals surface area contributed by atoms with Crippen LogP contribution in [0.2, 0.25) is 0 Å². The van der Waals surface area contributed by atoms with Crippen molar-refractivity contribution in [2.24, 2.45) is 0 Å². The molecule has 0 aliphatic heterocycles. The maximum Gasteiger partial charge on any atom is 0.343 e. The molecule has 4 rings (SSSR count). The highest BCUT2D eigenvalue weighted by molar-refractivity contribution is 7.91. The van der Waals surface area contributed by atoms with Gasteiger partial charge in [-0.15, -0.1) is 0 Å². The number of carbonyl (C=O) groups is 3. The summed E-state index contributed by atoms with van der Waals surface area (Å²) in [4.78, 5) is 38.7. The molecule has 4 aromatic rings. The van der Waals surface area contributed by atoms with E-state index in [9.17, 15) is 27.9 Å². The van der Waals surface area contributed by atoms with E-state index in [0.717, 1.165) is 17.7 Å². The van der Waals surface area contributed by atoms with Gasteiger partial charge in [-0.25, -0.2) is 13.2 Å². The smallest absolute Gasteiger partial charge is 0.343 e. The monoisotopic (exact) mass is 672 g/mol. The Labute approximate surface area is 281 Å². The van der Waals surface area contributed by atoms with Crippen LogP contribution in [0.25, 0.3) is 0 Å². The summed E-state index contributed by atoms with van der Waals surface area (Å²) in [5.74, 6) is -1.51. The summed E-state index contributed by atoms with van der Waals surface area (Å²) in [7, 11) is -3.69. The minimum absolute atomic E-state index is 0.0229. The molecule has 0 radical (unpaired) electrons. The zero-order chi connectivity index (χ0) is 34.4. The molecular formula is C37H40N2O8S. The lowest BCUT2D eigenvalue weighted by Gasteiger charge is -2.21. The zero-order valence-corrected chi connectivity index (χ0v) is 27.7. The second-order valence-corrected chi connectivity index (χ2v) is 13.0. The molecule has 0 aromatic heterocycles. The lowest BCUT2D eigenvalue weighted by atomic mass is 10.1. The van der Waals surface area contributed by atoms with Gasteiger partial charge in [0.25, 0.3) is 5.91 Å². The van der Waals surface area contributed by atoms with Gasteiger partial charge in [-0.2, -0.15) is 0 Å². The Morgan fingerprint density at radius 2 is 1.35 bits per heavy atom. The van der Waals surface area contributed by atoms with Crippen molar-refractivity contribution in [2.75, 3.05) is 17.9 Å². The van der Waals surface area contributed by atoms with Gasteiger partial charge in [0.15, 0.2) is 0 Å². The lowest BCUT2D eigenvalue weighted by Crippen LogP contribution is -2.35. The third-order valence-electron chi connectivity index (χ3n) is 7.33. The number of rotatable bonds is 18. The van der Waals surface area contributed by atoms with E-state index in [-0.39, 0.29) is 29.3 Å². The molecule has 0 bridgehead atoms. The molecule has 0 heterocycles. The molecule has 0 saturated carbocycles. The van der Waals surface area contributed by atoms with Crippen LogP contribution in [0.1, 0.15) is 70.9 Å². The highest BCUT2D eigenvalue weighted by atomic mass is 32.2. The molecular weight excluding hydrogens is 632 g/mol. The van der Waals surface area contributed by atoms with E-state index in [0.29, 0.717) is 29.0 Å². The SMILES string of the molecule is CCCCCCCOc1ccc(C(=O)Oc2ccc(CN(CC(=O)O)C(=O)c3ccc(NS(=O)(=O)Cc4ccccc4)cc3)cc2)cc1. The summed E-state index contributed by atoms with van der Waals surface area (Å²) < 4.78 is 38.9. The predicted molar refractivity (Wildman–Crippen MR) is 184 cm³/mol. The van der Waals surface area contributed by atoms with Gasteiger partial charge in [0.2, 0.25) is 10.0 Å². The summed E-state index contributed by atoms with van der Waals surface area (Å²) in [5, 5.41) is 9.47. The van der Waals surface area contributed by atoms with Crippen LogP contribution in [-0.2, 0) is 27.1 Å². The highest BCUT2D eigenvalue weighted by Crippen LogP contribution is 2.20. The number of nitrogens with zero attached hydrogens (tertiary/aromatic N) is 1. The average molecular weight is 673 g/mol. The molecule has 0 aliphatic rings. The van der Waals surface area contributed by atoms with Gasteiger partial charge in [0.1, 0.15) is 18.0 Å². The maximum atomic E-state index is 13.3. The van der Waals surface area contributed by atoms with Gasteiger partial charge in [0.05, 0.1) is 17.9 Å². The Morgan fingerprint density at radius 1 is 0.729 bits per heavy atom. The Kier molecular flexibility index (Phi) is 13.1. The number of hydrogen-bond acceptors (Lipinski definition) is 7. The van der Waals surface area contributed by atoms with Gasteiger partial charge in [-0.3, -0.25) is 14.3 Å². The first kappa shape index (κ1) is 35.7. The fourth-order valence-corrected chi connectivity index (χ4v) is 6.07. The number of carboxylic acids is 1. The topological polar surface area (TPSA) is 139 Å². The third kappa shape index (κ3) is 11.6. The van der Waals surface area contributed by atoms with Crippen molar-refractivity contribution in [3.63, 3.8) is 0 Å². The van der Waals surface area contributed by atoms with Crippen LogP contribution < -0.4 is 14.2 Å². The summed E-state index contributed by atoms with van der Waals surface area (Å²) >= 11 is 0. The fourth-order valence-electron chi connectivity index (χ4n) is 4.87. The van der Waals surface area contributed by atoms with E-state index in [1.165, 1.54) is 43.5 Å². The molecule has 0 unspecified atom stereocenters. The number of esters is 1. The van der Waals surface area contributed by atoms with E-state index < -0.39 is 34.4 Å². The van der Waals surface area contributed by atoms with Crippen molar-refractivity contribution in [3.8, 4) is 11.5 Å². The first-order chi connectivity index (χ1) is 23.1. The minimum Gasteiger partial charge on any atom is -0.494 e. The van der Waals surface area contributed by atoms with Gasteiger partial charge in [-0.05, 0) is 78.2 Å². The highest BCUT2D eigenvalue weighted by Gasteiger charge is 2.20. The Bertz CT molecular complexity index is 1740. The number of carbonyl (C=O) groups excluding carboxylic acids is 2. The van der Waals surface area contributed by atoms with Crippen molar-refractivity contribution in [2.45, 2.75) is 51.3 Å². The number of ether oxygens (including phenoxy) is 2. The van der Waals surface area contributed by atoms with E-state index in [1.54, 1.807) is 78.9 Å². The van der Waals surface area contributed by atoms with Crippen LogP contribution in [0.3, 0.4) is 0 Å². The van der Waals surface area contributed by atoms with E-state index in [2.05, 4.69) is 11.6 Å². The van der Waals surface area contributed by atoms with E-state index in [4.69, 9.17) is 9.47 Å². The van der Waals surface area contributed by atoms with E-state index >= 15 is 0 Å². The Hall–Kier alpha value is -5.16. The maximum absolute atomic E-state index is 13.3. The summed E-state index contributed by atoms with van der Waals surface area (Å²) in [6, 6.07) is 27.7. The van der Waals surface area contributed by atoms with Crippen molar-refractivity contribution in [1.82, 2.24) is 4.90 Å². The number of unbranched alkanes of at least 4 members (excludes halogenated alkanes) is 4. The Balaban J connectivity index is 1.31. The van der Waals surface area contributed by atoms with E-state index in [1.807, 2.05) is 0 Å². The fraction of sp³-hybridized carbons (Fsp3) is 0.270. The average Bonchev–Trinajstić information content (AvgIpc) is 3.07. The normalized spacial score (nSPS) is 11.0. The molecule has 0 saturated heterocycles. The molecule has 0 atom stereocenters. The van der Waals surface area contributed by atoms with Crippen LogP contribution in [-0.4, -0.2) is 49.4 Å². The van der Waals surface area contributed by atoms with Gasteiger partial charge < -0.3 is 19.5 Å². The van der Waals surface area contributed by atoms with Crippen molar-refractivity contribution < 1.29 is 37.4 Å². The van der Waals surface area contributed by atoms with Crippen LogP contribution in [0.4, 0.5) is 5.69 Å². The number of nitrogens with one attached hydrogen (secondary N) is 1. The van der Waals surface area contributed by atoms with Crippen LogP contribution in [0, 0.1) is 0 Å². The first-order valence-corrected chi connectivity index (χ1v) is 17.5. The molecule has 0 fully saturated rings. The zero-order valence-electron chi connectivity index (χ0n) is 26.8. The van der Waals surface area contributed by atoms with Crippen molar-refractivity contribution >= 4 is 33.6 Å². The number of aliphatic carboxylic acids is 1. The molecule has 0 spiro atoms. The van der Waals surface area contributed by atoms with Crippen LogP contribution >= 0.6 is 0 Å². The summed E-state index contributed by atoms with van der Waals surface area (Å²) in [6.45, 7) is 2.22. The Morgan fingerprint density at radius 3 is 2.00 bits per heavy atom.